The molecule has 0 rings (SSSR count). The van der Waals surface area contributed by atoms with Crippen LogP contribution in [0.5, 0.6) is 0 Å². The van der Waals surface area contributed by atoms with E-state index < -0.39 is 18.7 Å². The molecule has 0 fully saturated rings. The molecule has 4 heteroatoms. The van der Waals surface area contributed by atoms with Gasteiger partial charge in [0.05, 0.1) is 0 Å². The molecule has 0 bridgehead atoms. The van der Waals surface area contributed by atoms with E-state index in [2.05, 4.69) is 0 Å². The van der Waals surface area contributed by atoms with Gasteiger partial charge < -0.3 is 0 Å². The van der Waals surface area contributed by atoms with Crippen LogP contribution in [0.2, 0.25) is 0 Å². The van der Waals surface area contributed by atoms with E-state index in [4.69, 9.17) is 0 Å². The second kappa shape index (κ2) is 2.35. The van der Waals surface area contributed by atoms with Gasteiger partial charge in [0, 0.05) is 6.42 Å². The maximum absolute atomic E-state index is 11.6. The van der Waals surface area contributed by atoms with Gasteiger partial charge in [-0.1, -0.05) is 6.92 Å². The van der Waals surface area contributed by atoms with Gasteiger partial charge in [-0.05, 0) is 0 Å². The number of hydrogen-bond acceptors (Lipinski definition) is 0. The summed E-state index contributed by atoms with van der Waals surface area (Å²) >= 11 is 0. The lowest BCUT2D eigenvalue weighted by molar-refractivity contribution is -0.224. The van der Waals surface area contributed by atoms with Crippen LogP contribution in [0.15, 0.2) is 0 Å². The molecule has 1 radical (unpaired) electrons. The topological polar surface area (TPSA) is 19.9 Å². The predicted octanol–water partition coefficient (Wildman–Crippen LogP) is 1.76. The highest BCUT2D eigenvalue weighted by Crippen LogP contribution is 2.21. The summed E-state index contributed by atoms with van der Waals surface area (Å²) < 4.78 is 33.9. The van der Waals surface area contributed by atoms with E-state index in [1.54, 1.807) is 0 Å². The Hall–Kier alpha value is -0.250. The van der Waals surface area contributed by atoms with Gasteiger partial charge in [-0.15, -0.1) is 0 Å². The van der Waals surface area contributed by atoms with Crippen LogP contribution >= 0.6 is 0 Å². The predicted molar refractivity (Wildman–Crippen MR) is 20.8 cm³/mol. The lowest BCUT2D eigenvalue weighted by Crippen LogP contribution is -2.28. The first-order chi connectivity index (χ1) is 3.50. The Morgan fingerprint density at radius 1 is 1.62 bits per heavy atom. The molecular formula is C4H6F3O. The molecule has 0 spiro atoms. The molecule has 0 amide bonds. The van der Waals surface area contributed by atoms with Crippen molar-refractivity contribution >= 4 is 0 Å². The molecule has 0 aromatic rings. The largest absolute Gasteiger partial charge is 0.300 e. The number of halogens is 3. The fraction of sp³-hybridized carbons (Fsp3) is 1.00. The van der Waals surface area contributed by atoms with Crippen molar-refractivity contribution in [1.29, 1.82) is 0 Å². The van der Waals surface area contributed by atoms with Crippen LogP contribution in [0.4, 0.5) is 13.2 Å². The zero-order valence-electron chi connectivity index (χ0n) is 4.33. The van der Waals surface area contributed by atoms with Crippen LogP contribution in [-0.2, 0) is 5.11 Å². The van der Waals surface area contributed by atoms with Gasteiger partial charge in [-0.25, -0.2) is 13.2 Å². The summed E-state index contributed by atoms with van der Waals surface area (Å²) in [5.74, 6) is -3.54. The van der Waals surface area contributed by atoms with E-state index in [1.807, 2.05) is 0 Å². The highest BCUT2D eigenvalue weighted by Gasteiger charge is 2.37. The van der Waals surface area contributed by atoms with E-state index in [0.29, 0.717) is 0 Å². The fourth-order valence-corrected chi connectivity index (χ4v) is 0.154. The van der Waals surface area contributed by atoms with Gasteiger partial charge in [0.25, 0.3) is 12.3 Å². The second-order valence-corrected chi connectivity index (χ2v) is 1.44. The van der Waals surface area contributed by atoms with E-state index in [0.717, 1.165) is 6.92 Å². The van der Waals surface area contributed by atoms with E-state index in [-0.39, 0.29) is 0 Å². The standard InChI is InChI=1S/C4H6F3O/c1-2-4(7,8)3(5)6/h3H,2H2,1H3. The average molecular weight is 127 g/mol. The molecule has 1 atom stereocenters. The lowest BCUT2D eigenvalue weighted by Gasteiger charge is -2.10. The fourth-order valence-electron chi connectivity index (χ4n) is 0.154. The Labute approximate surface area is 45.1 Å². The molecule has 0 aliphatic carbocycles. The normalized spacial score (nSPS) is 18.8. The summed E-state index contributed by atoms with van der Waals surface area (Å²) in [6, 6.07) is 0. The van der Waals surface area contributed by atoms with Crippen LogP contribution in [0.25, 0.3) is 0 Å². The maximum Gasteiger partial charge on any atom is 0.300 e. The number of alkyl halides is 3. The van der Waals surface area contributed by atoms with Crippen molar-refractivity contribution < 1.29 is 18.3 Å². The summed E-state index contributed by atoms with van der Waals surface area (Å²) in [4.78, 5) is 0. The van der Waals surface area contributed by atoms with Crippen molar-refractivity contribution in [2.45, 2.75) is 25.6 Å². The second-order valence-electron chi connectivity index (χ2n) is 1.44. The van der Waals surface area contributed by atoms with Gasteiger partial charge in [-0.3, -0.25) is 0 Å². The van der Waals surface area contributed by atoms with Crippen LogP contribution in [0, 0.1) is 0 Å². The Kier molecular flexibility index (Phi) is 2.27. The van der Waals surface area contributed by atoms with Crippen molar-refractivity contribution in [1.82, 2.24) is 0 Å². The SMILES string of the molecule is CCC([O])(F)C(F)F. The molecule has 0 saturated heterocycles. The molecule has 0 aliphatic heterocycles. The molecule has 1 unspecified atom stereocenters. The van der Waals surface area contributed by atoms with E-state index in [1.165, 1.54) is 0 Å². The van der Waals surface area contributed by atoms with E-state index >= 15 is 0 Å². The van der Waals surface area contributed by atoms with Crippen molar-refractivity contribution in [3.63, 3.8) is 0 Å². The maximum atomic E-state index is 11.6. The number of hydrogen-bond donors (Lipinski definition) is 0. The zero-order chi connectivity index (χ0) is 6.78. The van der Waals surface area contributed by atoms with Gasteiger partial charge in [0.2, 0.25) is 0 Å². The summed E-state index contributed by atoms with van der Waals surface area (Å²) in [5, 5.41) is 9.75. The third kappa shape index (κ3) is 1.69. The summed E-state index contributed by atoms with van der Waals surface area (Å²) in [5.41, 5.74) is 0. The molecule has 8 heavy (non-hydrogen) atoms. The minimum Gasteiger partial charge on any atom is -0.204 e. The molecule has 0 aliphatic rings. The minimum atomic E-state index is -3.54. The Balaban J connectivity index is 3.71. The van der Waals surface area contributed by atoms with Crippen LogP contribution in [0.3, 0.4) is 0 Å². The molecule has 49 valence electrons. The van der Waals surface area contributed by atoms with Crippen molar-refractivity contribution in [3.8, 4) is 0 Å². The minimum absolute atomic E-state index is 0.690. The van der Waals surface area contributed by atoms with Crippen molar-refractivity contribution in [2.75, 3.05) is 0 Å². The van der Waals surface area contributed by atoms with Crippen LogP contribution in [-0.4, -0.2) is 12.3 Å². The third-order valence-electron chi connectivity index (χ3n) is 0.808. The zero-order valence-corrected chi connectivity index (χ0v) is 4.33. The summed E-state index contributed by atoms with van der Waals surface area (Å²) in [6.45, 7) is 1.08. The van der Waals surface area contributed by atoms with Gasteiger partial charge in [0.15, 0.2) is 0 Å². The molecule has 1 nitrogen and oxygen atoms in total. The van der Waals surface area contributed by atoms with Gasteiger partial charge in [-0.2, -0.15) is 5.11 Å². The highest BCUT2D eigenvalue weighted by atomic mass is 19.3. The quantitative estimate of drug-likeness (QED) is 0.538. The van der Waals surface area contributed by atoms with Crippen LogP contribution in [0.1, 0.15) is 13.3 Å². The first kappa shape index (κ1) is 7.75. The van der Waals surface area contributed by atoms with Gasteiger partial charge >= 0.3 is 0 Å². The Bertz CT molecular complexity index is 71.7. The molecule has 0 aromatic carbocycles. The summed E-state index contributed by atoms with van der Waals surface area (Å²) in [7, 11) is 0. The van der Waals surface area contributed by atoms with Gasteiger partial charge in [0.1, 0.15) is 0 Å². The Morgan fingerprint density at radius 2 is 2.00 bits per heavy atom. The molecular weight excluding hydrogens is 121 g/mol. The Morgan fingerprint density at radius 3 is 2.00 bits per heavy atom. The third-order valence-corrected chi connectivity index (χ3v) is 0.808. The lowest BCUT2D eigenvalue weighted by atomic mass is 10.2. The molecule has 0 saturated carbocycles. The van der Waals surface area contributed by atoms with E-state index in [9.17, 15) is 18.3 Å². The monoisotopic (exact) mass is 127 g/mol. The summed E-state index contributed by atoms with van der Waals surface area (Å²) in [6.07, 6.45) is -4.10. The number of rotatable bonds is 2. The van der Waals surface area contributed by atoms with Crippen molar-refractivity contribution in [2.24, 2.45) is 0 Å². The first-order valence-corrected chi connectivity index (χ1v) is 2.18. The first-order valence-electron chi connectivity index (χ1n) is 2.18. The van der Waals surface area contributed by atoms with Crippen LogP contribution < -0.4 is 0 Å². The molecule has 0 aromatic heterocycles. The highest BCUT2D eigenvalue weighted by molar-refractivity contribution is 4.63. The van der Waals surface area contributed by atoms with Crippen molar-refractivity contribution in [3.05, 3.63) is 0 Å². The molecule has 0 N–H and O–H groups in total. The average Bonchev–Trinajstić information content (AvgIpc) is 1.67. The molecule has 0 heterocycles. The smallest absolute Gasteiger partial charge is 0.204 e.